The largest absolute Gasteiger partial charge is 0.494 e. The number of aromatic nitrogens is 3. The van der Waals surface area contributed by atoms with E-state index in [1.54, 1.807) is 19.2 Å². The number of imidazole rings is 1. The number of hydrogen-bond acceptors (Lipinski definition) is 4. The van der Waals surface area contributed by atoms with Crippen LogP contribution >= 0.6 is 0 Å². The van der Waals surface area contributed by atoms with Crippen LogP contribution in [0.3, 0.4) is 0 Å². The number of nitrogens with one attached hydrogen (secondary N) is 1. The molecule has 0 fully saturated rings. The number of halogens is 3. The Morgan fingerprint density at radius 3 is 2.81 bits per heavy atom. The summed E-state index contributed by atoms with van der Waals surface area (Å²) < 4.78 is 53.7. The molecule has 3 heterocycles. The molecule has 0 radical (unpaired) electrons. The van der Waals surface area contributed by atoms with Crippen molar-refractivity contribution in [3.63, 3.8) is 0 Å². The maximum absolute atomic E-state index is 13.6. The van der Waals surface area contributed by atoms with Gasteiger partial charge in [-0.05, 0) is 24.3 Å². The lowest BCUT2D eigenvalue weighted by Crippen LogP contribution is -2.24. The van der Waals surface area contributed by atoms with Crippen LogP contribution in [0.1, 0.15) is 23.1 Å². The van der Waals surface area contributed by atoms with Gasteiger partial charge in [0.25, 0.3) is 0 Å². The fraction of sp³-hybridized carbons (Fsp3) is 0.227. The number of ether oxygens (including phenoxy) is 2. The molecule has 31 heavy (non-hydrogen) atoms. The molecule has 9 heteroatoms. The normalized spacial score (nSPS) is 16.5. The van der Waals surface area contributed by atoms with Gasteiger partial charge in [0, 0.05) is 29.2 Å². The smallest absolute Gasteiger partial charge is 0.416 e. The number of nitrogens with zero attached hydrogens (tertiary/aromatic N) is 2. The second-order valence-electron chi connectivity index (χ2n) is 7.35. The Morgan fingerprint density at radius 2 is 2.03 bits per heavy atom. The monoisotopic (exact) mass is 428 g/mol. The van der Waals surface area contributed by atoms with Gasteiger partial charge in [-0.15, -0.1) is 0 Å². The van der Waals surface area contributed by atoms with Gasteiger partial charge in [0.1, 0.15) is 17.6 Å². The fourth-order valence-electron chi connectivity index (χ4n) is 4.06. The van der Waals surface area contributed by atoms with E-state index in [9.17, 15) is 13.2 Å². The Balaban J connectivity index is 1.60. The Morgan fingerprint density at radius 1 is 1.23 bits per heavy atom. The van der Waals surface area contributed by atoms with E-state index in [0.717, 1.165) is 17.0 Å². The average molecular weight is 428 g/mol. The number of alkyl halides is 3. The summed E-state index contributed by atoms with van der Waals surface area (Å²) in [5.74, 6) is 0.993. The molecule has 5 rings (SSSR count). The van der Waals surface area contributed by atoms with Gasteiger partial charge in [-0.1, -0.05) is 18.2 Å². The van der Waals surface area contributed by atoms with Gasteiger partial charge >= 0.3 is 6.18 Å². The highest BCUT2D eigenvalue weighted by molar-refractivity contribution is 5.94. The summed E-state index contributed by atoms with van der Waals surface area (Å²) in [5.41, 5.74) is 7.98. The summed E-state index contributed by atoms with van der Waals surface area (Å²) in [4.78, 5) is 7.92. The number of nitrogens with two attached hydrogens (primary N) is 1. The number of methoxy groups -OCH3 is 1. The second-order valence-corrected chi connectivity index (χ2v) is 7.35. The first kappa shape index (κ1) is 19.5. The topological polar surface area (TPSA) is 78.1 Å². The standard InChI is InChI=1S/C22H19F3N4O2/c1-30-19-13-10-17(27-16(13)7-6-15(19)26)18-11-29-8-9-31-20(21(29)28-18)12-4-2-3-5-14(12)22(23,24)25/h2-7,10-11,20,27H,8-9,26H2,1H3. The summed E-state index contributed by atoms with van der Waals surface area (Å²) in [5, 5.41) is 0.804. The molecule has 0 saturated carbocycles. The number of H-pyrrole nitrogens is 1. The molecule has 0 amide bonds. The van der Waals surface area contributed by atoms with Crippen LogP contribution in [0, 0.1) is 0 Å². The number of benzene rings is 2. The van der Waals surface area contributed by atoms with Gasteiger partial charge in [0.05, 0.1) is 30.7 Å². The molecule has 2 aromatic carbocycles. The highest BCUT2D eigenvalue weighted by Crippen LogP contribution is 2.40. The van der Waals surface area contributed by atoms with Crippen molar-refractivity contribution in [1.82, 2.24) is 14.5 Å². The molecule has 1 unspecified atom stereocenters. The Hall–Kier alpha value is -3.46. The molecule has 0 spiro atoms. The zero-order valence-corrected chi connectivity index (χ0v) is 16.5. The first-order valence-electron chi connectivity index (χ1n) is 9.67. The summed E-state index contributed by atoms with van der Waals surface area (Å²) in [6.07, 6.45) is -3.57. The molecule has 2 aromatic heterocycles. The van der Waals surface area contributed by atoms with Crippen molar-refractivity contribution < 1.29 is 22.6 Å². The lowest BCUT2D eigenvalue weighted by molar-refractivity contribution is -0.139. The molecule has 3 N–H and O–H groups in total. The third-order valence-corrected chi connectivity index (χ3v) is 5.47. The van der Waals surface area contributed by atoms with Gasteiger partial charge in [0.15, 0.2) is 5.75 Å². The Labute approximate surface area is 175 Å². The lowest BCUT2D eigenvalue weighted by atomic mass is 10.0. The highest BCUT2D eigenvalue weighted by Gasteiger charge is 2.37. The summed E-state index contributed by atoms with van der Waals surface area (Å²) in [6, 6.07) is 10.9. The van der Waals surface area contributed by atoms with E-state index >= 15 is 0 Å². The SMILES string of the molecule is COc1c(N)ccc2[nH]c(-c3cn4c(n3)C(c3ccccc3C(F)(F)F)OCC4)cc12. The van der Waals surface area contributed by atoms with Crippen molar-refractivity contribution in [1.29, 1.82) is 0 Å². The van der Waals surface area contributed by atoms with Crippen LogP contribution in [-0.4, -0.2) is 28.3 Å². The van der Waals surface area contributed by atoms with Crippen LogP contribution in [0.15, 0.2) is 48.7 Å². The van der Waals surface area contributed by atoms with Crippen LogP contribution in [0.4, 0.5) is 18.9 Å². The maximum Gasteiger partial charge on any atom is 0.416 e. The van der Waals surface area contributed by atoms with E-state index in [-0.39, 0.29) is 12.2 Å². The molecule has 1 aliphatic heterocycles. The van der Waals surface area contributed by atoms with Crippen LogP contribution in [0.2, 0.25) is 0 Å². The van der Waals surface area contributed by atoms with E-state index in [0.29, 0.717) is 35.2 Å². The van der Waals surface area contributed by atoms with E-state index in [4.69, 9.17) is 15.2 Å². The van der Waals surface area contributed by atoms with Crippen LogP contribution in [0.25, 0.3) is 22.3 Å². The zero-order valence-electron chi connectivity index (χ0n) is 16.5. The Bertz CT molecular complexity index is 1280. The third-order valence-electron chi connectivity index (χ3n) is 5.47. The number of rotatable bonds is 3. The molecular weight excluding hydrogens is 409 g/mol. The predicted molar refractivity (Wildman–Crippen MR) is 110 cm³/mol. The van der Waals surface area contributed by atoms with Crippen LogP contribution in [-0.2, 0) is 17.5 Å². The fourth-order valence-corrected chi connectivity index (χ4v) is 4.06. The zero-order chi connectivity index (χ0) is 21.8. The van der Waals surface area contributed by atoms with Crippen molar-refractivity contribution >= 4 is 16.6 Å². The minimum absolute atomic E-state index is 0.0548. The van der Waals surface area contributed by atoms with E-state index in [2.05, 4.69) is 9.97 Å². The summed E-state index contributed by atoms with van der Waals surface area (Å²) in [7, 11) is 1.55. The number of fused-ring (bicyclic) bond motifs is 2. The van der Waals surface area contributed by atoms with Gasteiger partial charge < -0.3 is 24.8 Å². The van der Waals surface area contributed by atoms with Gasteiger partial charge in [-0.25, -0.2) is 4.98 Å². The minimum Gasteiger partial charge on any atom is -0.494 e. The van der Waals surface area contributed by atoms with E-state index in [1.165, 1.54) is 12.1 Å². The first-order valence-corrected chi connectivity index (χ1v) is 9.67. The van der Waals surface area contributed by atoms with E-state index in [1.807, 2.05) is 22.9 Å². The van der Waals surface area contributed by atoms with Crippen molar-refractivity contribution in [2.45, 2.75) is 18.8 Å². The van der Waals surface area contributed by atoms with Crippen molar-refractivity contribution in [3.8, 4) is 17.1 Å². The van der Waals surface area contributed by atoms with E-state index < -0.39 is 17.8 Å². The van der Waals surface area contributed by atoms with Gasteiger partial charge in [0.2, 0.25) is 0 Å². The average Bonchev–Trinajstić information content (AvgIpc) is 3.37. The number of hydrogen-bond donors (Lipinski definition) is 2. The van der Waals surface area contributed by atoms with Crippen molar-refractivity contribution in [2.75, 3.05) is 19.5 Å². The Kier molecular flexibility index (Phi) is 4.44. The first-order chi connectivity index (χ1) is 14.9. The van der Waals surface area contributed by atoms with Gasteiger partial charge in [-0.3, -0.25) is 0 Å². The lowest BCUT2D eigenvalue weighted by Gasteiger charge is -2.26. The molecule has 0 bridgehead atoms. The molecule has 4 aromatic rings. The number of anilines is 1. The quantitative estimate of drug-likeness (QED) is 0.461. The number of nitrogen functional groups attached to an aromatic ring is 1. The predicted octanol–water partition coefficient (Wildman–Crippen LogP) is 4.76. The maximum atomic E-state index is 13.6. The van der Waals surface area contributed by atoms with Crippen LogP contribution in [0.5, 0.6) is 5.75 Å². The molecule has 0 saturated heterocycles. The molecule has 160 valence electrons. The van der Waals surface area contributed by atoms with Gasteiger partial charge in [-0.2, -0.15) is 13.2 Å². The molecule has 6 nitrogen and oxygen atoms in total. The molecule has 1 atom stereocenters. The number of aromatic amines is 1. The van der Waals surface area contributed by atoms with Crippen LogP contribution < -0.4 is 10.5 Å². The minimum atomic E-state index is -4.48. The molecule has 0 aliphatic carbocycles. The third kappa shape index (κ3) is 3.21. The van der Waals surface area contributed by atoms with Crippen molar-refractivity contribution in [3.05, 3.63) is 65.6 Å². The van der Waals surface area contributed by atoms with Crippen molar-refractivity contribution in [2.24, 2.45) is 0 Å². The molecular formula is C22H19F3N4O2. The highest BCUT2D eigenvalue weighted by atomic mass is 19.4. The second kappa shape index (κ2) is 7.05. The molecule has 1 aliphatic rings. The summed E-state index contributed by atoms with van der Waals surface area (Å²) >= 11 is 0. The summed E-state index contributed by atoms with van der Waals surface area (Å²) in [6.45, 7) is 0.792.